The van der Waals surface area contributed by atoms with Gasteiger partial charge in [-0.2, -0.15) is 0 Å². The van der Waals surface area contributed by atoms with Crippen molar-refractivity contribution in [2.75, 3.05) is 5.33 Å². The topological polar surface area (TPSA) is 107 Å². The Labute approximate surface area is 137 Å². The summed E-state index contributed by atoms with van der Waals surface area (Å²) in [6.45, 7) is 5.59. The fourth-order valence-electron chi connectivity index (χ4n) is 1.51. The Morgan fingerprint density at radius 1 is 1.41 bits per heavy atom. The fraction of sp³-hybridized carbons (Fsp3) is 0.667. The van der Waals surface area contributed by atoms with Crippen molar-refractivity contribution in [3.05, 3.63) is 28.0 Å². The number of hydrogen-bond donors (Lipinski definition) is 2. The maximum Gasteiger partial charge on any atom is 0.433 e. The van der Waals surface area contributed by atoms with E-state index < -0.39 is 12.6 Å². The molecule has 0 aliphatic heterocycles. The summed E-state index contributed by atoms with van der Waals surface area (Å²) in [7, 11) is -3.30. The van der Waals surface area contributed by atoms with E-state index in [1.54, 1.807) is 0 Å². The van der Waals surface area contributed by atoms with Crippen LogP contribution >= 0.6 is 23.6 Å². The quantitative estimate of drug-likeness (QED) is 0.269. The number of nitro groups is 1. The van der Waals surface area contributed by atoms with Gasteiger partial charge in [0.15, 0.2) is 0 Å². The first-order valence-corrected chi connectivity index (χ1v) is 9.63. The molecule has 0 saturated heterocycles. The first-order valence-electron chi connectivity index (χ1n) is 6.89. The van der Waals surface area contributed by atoms with Crippen molar-refractivity contribution in [3.63, 3.8) is 0 Å². The summed E-state index contributed by atoms with van der Waals surface area (Å²) < 4.78 is 23.3. The second kappa shape index (κ2) is 8.79. The van der Waals surface area contributed by atoms with Crippen LogP contribution in [0.3, 0.4) is 0 Å². The molecule has 1 unspecified atom stereocenters. The van der Waals surface area contributed by atoms with Gasteiger partial charge in [0.05, 0.1) is 6.07 Å². The highest BCUT2D eigenvalue weighted by Crippen LogP contribution is 2.40. The summed E-state index contributed by atoms with van der Waals surface area (Å²) in [6, 6.07) is 2.58. The monoisotopic (exact) mass is 397 g/mol. The standard InChI is InChI=1S/C12H21BrN3O5P/c1-4-9(2)14-22(19,15-10(3)7-13)20-8-11-5-6-12(21-11)16(17)18/h5-6,9-10H,4,7-8H2,1-3H3,(H2,14,15,19)/t9-,10-,22?/m1/s1. The molecule has 0 amide bonds. The molecule has 0 bridgehead atoms. The molecule has 1 aromatic heterocycles. The Morgan fingerprint density at radius 3 is 2.55 bits per heavy atom. The van der Waals surface area contributed by atoms with Crippen LogP contribution in [0.25, 0.3) is 0 Å². The fourth-order valence-corrected chi connectivity index (χ4v) is 3.89. The van der Waals surface area contributed by atoms with Gasteiger partial charge in [-0.25, -0.2) is 10.2 Å². The average Bonchev–Trinajstić information content (AvgIpc) is 2.94. The minimum Gasteiger partial charge on any atom is -0.403 e. The molecule has 0 radical (unpaired) electrons. The van der Waals surface area contributed by atoms with Crippen molar-refractivity contribution in [2.24, 2.45) is 0 Å². The number of furan rings is 1. The lowest BCUT2D eigenvalue weighted by Crippen LogP contribution is -2.35. The average molecular weight is 398 g/mol. The molecule has 1 rings (SSSR count). The van der Waals surface area contributed by atoms with E-state index in [9.17, 15) is 14.7 Å². The van der Waals surface area contributed by atoms with E-state index in [0.717, 1.165) is 6.42 Å². The van der Waals surface area contributed by atoms with Gasteiger partial charge in [-0.3, -0.25) is 19.2 Å². The normalized spacial score (nSPS) is 16.9. The van der Waals surface area contributed by atoms with Crippen molar-refractivity contribution < 1.29 is 18.4 Å². The zero-order chi connectivity index (χ0) is 16.8. The van der Waals surface area contributed by atoms with Gasteiger partial charge in [-0.15, -0.1) is 0 Å². The lowest BCUT2D eigenvalue weighted by atomic mass is 10.3. The summed E-state index contributed by atoms with van der Waals surface area (Å²) in [5.41, 5.74) is 0. The van der Waals surface area contributed by atoms with Crippen LogP contribution in [0.2, 0.25) is 0 Å². The van der Waals surface area contributed by atoms with Crippen LogP contribution in [-0.4, -0.2) is 22.3 Å². The Morgan fingerprint density at radius 2 is 2.05 bits per heavy atom. The maximum atomic E-state index is 12.8. The molecule has 0 aromatic carbocycles. The van der Waals surface area contributed by atoms with Crippen molar-refractivity contribution in [3.8, 4) is 0 Å². The van der Waals surface area contributed by atoms with Gasteiger partial charge in [-0.05, 0) is 26.3 Å². The van der Waals surface area contributed by atoms with Gasteiger partial charge in [-0.1, -0.05) is 22.9 Å². The zero-order valence-corrected chi connectivity index (χ0v) is 15.2. The largest absolute Gasteiger partial charge is 0.433 e. The third-order valence-corrected chi connectivity index (χ3v) is 5.87. The highest BCUT2D eigenvalue weighted by Gasteiger charge is 2.27. The van der Waals surface area contributed by atoms with Crippen LogP contribution in [0.1, 0.15) is 33.0 Å². The van der Waals surface area contributed by atoms with E-state index in [1.807, 2.05) is 20.8 Å². The molecule has 0 saturated carbocycles. The van der Waals surface area contributed by atoms with Crippen molar-refractivity contribution in [1.29, 1.82) is 0 Å². The van der Waals surface area contributed by atoms with Crippen LogP contribution in [0.4, 0.5) is 5.88 Å². The van der Waals surface area contributed by atoms with Gasteiger partial charge in [0.1, 0.15) is 17.3 Å². The second-order valence-corrected chi connectivity index (χ2v) is 7.47. The summed E-state index contributed by atoms with van der Waals surface area (Å²) in [5, 5.41) is 17.0. The van der Waals surface area contributed by atoms with Gasteiger partial charge in [0, 0.05) is 17.4 Å². The molecule has 1 heterocycles. The molecule has 1 aromatic rings. The number of nitrogens with one attached hydrogen (secondary N) is 2. The molecule has 3 atom stereocenters. The summed E-state index contributed by atoms with van der Waals surface area (Å²) in [5.74, 6) is -0.128. The Kier molecular flexibility index (Phi) is 7.71. The first-order chi connectivity index (χ1) is 10.3. The summed E-state index contributed by atoms with van der Waals surface area (Å²) in [6.07, 6.45) is 0.782. The second-order valence-electron chi connectivity index (χ2n) is 4.94. The number of halogens is 1. The summed E-state index contributed by atoms with van der Waals surface area (Å²) >= 11 is 3.31. The Bertz CT molecular complexity index is 523. The van der Waals surface area contributed by atoms with E-state index in [4.69, 9.17) is 8.94 Å². The predicted molar refractivity (Wildman–Crippen MR) is 87.0 cm³/mol. The Balaban J connectivity index is 2.74. The van der Waals surface area contributed by atoms with E-state index in [0.29, 0.717) is 5.33 Å². The molecule has 2 N–H and O–H groups in total. The van der Waals surface area contributed by atoms with Crippen LogP contribution in [0.5, 0.6) is 0 Å². The molecule has 126 valence electrons. The molecule has 8 nitrogen and oxygen atoms in total. The molecule has 22 heavy (non-hydrogen) atoms. The first kappa shape index (κ1) is 19.3. The molecule has 10 heteroatoms. The highest BCUT2D eigenvalue weighted by molar-refractivity contribution is 9.09. The number of hydrogen-bond acceptors (Lipinski definition) is 5. The van der Waals surface area contributed by atoms with E-state index in [-0.39, 0.29) is 30.3 Å². The van der Waals surface area contributed by atoms with E-state index >= 15 is 0 Å². The number of rotatable bonds is 10. The van der Waals surface area contributed by atoms with Crippen molar-refractivity contribution in [2.45, 2.75) is 45.9 Å². The molecular formula is C12H21BrN3O5P. The molecule has 0 fully saturated rings. The lowest BCUT2D eigenvalue weighted by molar-refractivity contribution is -0.402. The third kappa shape index (κ3) is 6.18. The van der Waals surface area contributed by atoms with Crippen LogP contribution in [0.15, 0.2) is 16.5 Å². The predicted octanol–water partition coefficient (Wildman–Crippen LogP) is 3.57. The van der Waals surface area contributed by atoms with Crippen LogP contribution in [0, 0.1) is 10.1 Å². The van der Waals surface area contributed by atoms with Gasteiger partial charge in [0.25, 0.3) is 0 Å². The smallest absolute Gasteiger partial charge is 0.403 e. The zero-order valence-electron chi connectivity index (χ0n) is 12.7. The van der Waals surface area contributed by atoms with Crippen molar-refractivity contribution in [1.82, 2.24) is 10.2 Å². The number of alkyl halides is 1. The van der Waals surface area contributed by atoms with Gasteiger partial charge >= 0.3 is 13.6 Å². The highest BCUT2D eigenvalue weighted by atomic mass is 79.9. The van der Waals surface area contributed by atoms with Crippen molar-refractivity contribution >= 4 is 29.5 Å². The van der Waals surface area contributed by atoms with Gasteiger partial charge in [0.2, 0.25) is 0 Å². The van der Waals surface area contributed by atoms with E-state index in [2.05, 4.69) is 26.1 Å². The number of nitrogens with zero attached hydrogens (tertiary/aromatic N) is 1. The third-order valence-electron chi connectivity index (χ3n) is 2.84. The van der Waals surface area contributed by atoms with Crippen LogP contribution in [-0.2, 0) is 15.7 Å². The van der Waals surface area contributed by atoms with E-state index in [1.165, 1.54) is 12.1 Å². The lowest BCUT2D eigenvalue weighted by Gasteiger charge is -2.25. The van der Waals surface area contributed by atoms with Crippen LogP contribution < -0.4 is 10.2 Å². The molecule has 0 aliphatic carbocycles. The minimum absolute atomic E-state index is 0.00760. The minimum atomic E-state index is -3.30. The molecular weight excluding hydrogens is 377 g/mol. The Hall–Kier alpha value is -0.730. The molecule has 0 aliphatic rings. The van der Waals surface area contributed by atoms with Gasteiger partial charge < -0.3 is 4.42 Å². The molecule has 0 spiro atoms. The SMILES string of the molecule is CC[C@@H](C)NP(=O)(N[C@H](C)CBr)OCc1ccc([N+](=O)[O-])o1. The maximum absolute atomic E-state index is 12.8. The summed E-state index contributed by atoms with van der Waals surface area (Å²) in [4.78, 5) is 9.94.